The van der Waals surface area contributed by atoms with E-state index in [9.17, 15) is 0 Å². The van der Waals surface area contributed by atoms with Gasteiger partial charge in [0.2, 0.25) is 11.6 Å². The third kappa shape index (κ3) is 8.71. The van der Waals surface area contributed by atoms with E-state index in [-0.39, 0.29) is 42.8 Å². The number of nitrogens with zero attached hydrogens (tertiary/aromatic N) is 5. The Kier molecular flexibility index (Phi) is 12.6. The van der Waals surface area contributed by atoms with Crippen molar-refractivity contribution in [1.82, 2.24) is 24.5 Å². The molecule has 7 aromatic carbocycles. The minimum Gasteiger partial charge on any atom is -0.486 e. The topological polar surface area (TPSA) is 82.8 Å². The predicted octanol–water partition coefficient (Wildman–Crippen LogP) is 17.3. The molecule has 0 aliphatic carbocycles. The van der Waals surface area contributed by atoms with Crippen molar-refractivity contribution in [2.45, 2.75) is 91.9 Å². The van der Waals surface area contributed by atoms with Gasteiger partial charge in [0, 0.05) is 53.6 Å². The summed E-state index contributed by atoms with van der Waals surface area (Å²) >= 11 is 0. The Hall–Kier alpha value is -7.25. The van der Waals surface area contributed by atoms with Crippen LogP contribution >= 0.6 is 0 Å². The number of hydrogen-bond acceptors (Lipinski definition) is 6. The number of furan rings is 1. The van der Waals surface area contributed by atoms with Gasteiger partial charge in [0.25, 0.3) is 0 Å². The van der Waals surface area contributed by atoms with Crippen molar-refractivity contribution in [3.05, 3.63) is 187 Å². The molecule has 0 saturated heterocycles. The van der Waals surface area contributed by atoms with Crippen LogP contribution in [0.25, 0.3) is 105 Å². The summed E-state index contributed by atoms with van der Waals surface area (Å²) in [7, 11) is 0. The number of oxazole rings is 1. The molecule has 0 unspecified atom stereocenters. The van der Waals surface area contributed by atoms with Crippen LogP contribution in [-0.4, -0.2) is 24.5 Å². The minimum absolute atomic E-state index is 0. The summed E-state index contributed by atoms with van der Waals surface area (Å²) in [5, 5.41) is 5.18. The van der Waals surface area contributed by atoms with Crippen LogP contribution in [0.5, 0.6) is 0 Å². The molecule has 0 atom stereocenters. The van der Waals surface area contributed by atoms with Crippen molar-refractivity contribution in [2.75, 3.05) is 0 Å². The summed E-state index contributed by atoms with van der Waals surface area (Å²) in [5.41, 5.74) is 15.6. The van der Waals surface area contributed by atoms with Crippen LogP contribution < -0.4 is 0 Å². The number of fused-ring (bicyclic) bond motifs is 9. The molecule has 0 bridgehead atoms. The first kappa shape index (κ1) is 48.4. The van der Waals surface area contributed by atoms with E-state index in [0.29, 0.717) is 17.2 Å². The van der Waals surface area contributed by atoms with Gasteiger partial charge in [-0.3, -0.25) is 4.98 Å². The summed E-state index contributed by atoms with van der Waals surface area (Å²) in [6.45, 7) is 22.1. The average Bonchev–Trinajstić information content (AvgIpc) is 4.10. The fourth-order valence-corrected chi connectivity index (χ4v) is 9.70. The third-order valence-electron chi connectivity index (χ3n) is 13.5. The largest absolute Gasteiger partial charge is 0.486 e. The predicted molar refractivity (Wildman–Crippen MR) is 293 cm³/mol. The number of benzene rings is 7. The van der Waals surface area contributed by atoms with Crippen LogP contribution in [0.1, 0.15) is 104 Å². The summed E-state index contributed by atoms with van der Waals surface area (Å²) in [5.74, 6) is 1.92. The first-order valence-corrected chi connectivity index (χ1v) is 24.7. The standard InChI is InChI=1S/C49H41N4O2.C15H16N.Ir/c1-27(2)36-25-32(29-14-9-8-10-15-29)26-37(28(3)4)43(36)53-44-33-17-12-11-16-30(33)20-22-39(44)50-46(53)35-19-13-18-34-38-24-31-21-23-40-42(52-48(54-40)49(5,6)7)41(31)51-47(38)55-45(34)35;1-15(2,3)13-9-10-16-14(11-13)12-7-5-4-6-8-12;/h8-18,20-28H,1-7H3;4-7,9-11H,1-3H3;/q2*-1;. The van der Waals surface area contributed by atoms with Gasteiger partial charge < -0.3 is 18.4 Å². The van der Waals surface area contributed by atoms with Gasteiger partial charge in [-0.25, -0.2) is 9.97 Å². The molecule has 0 fully saturated rings. The molecule has 72 heavy (non-hydrogen) atoms. The maximum absolute atomic E-state index is 6.82. The van der Waals surface area contributed by atoms with Crippen molar-refractivity contribution in [3.63, 3.8) is 0 Å². The molecule has 5 aromatic heterocycles. The fraction of sp³-hybridized carbons (Fsp3) is 0.219. The zero-order valence-corrected chi connectivity index (χ0v) is 44.9. The van der Waals surface area contributed by atoms with Gasteiger partial charge in [0.1, 0.15) is 11.0 Å². The smallest absolute Gasteiger partial charge is 0.216 e. The second-order valence-corrected chi connectivity index (χ2v) is 21.4. The number of pyridine rings is 2. The van der Waals surface area contributed by atoms with Gasteiger partial charge in [-0.15, -0.1) is 54.1 Å². The van der Waals surface area contributed by atoms with E-state index in [0.717, 1.165) is 82.9 Å². The second-order valence-electron chi connectivity index (χ2n) is 21.4. The third-order valence-corrected chi connectivity index (χ3v) is 13.5. The van der Waals surface area contributed by atoms with Crippen molar-refractivity contribution < 1.29 is 28.9 Å². The molecule has 0 aliphatic heterocycles. The van der Waals surface area contributed by atoms with Crippen LogP contribution in [0.15, 0.2) is 161 Å². The molecular formula is C64H57IrN5O2-2. The molecule has 7 nitrogen and oxygen atoms in total. The minimum atomic E-state index is -0.233. The molecule has 12 aromatic rings. The number of aromatic nitrogens is 5. The van der Waals surface area contributed by atoms with E-state index < -0.39 is 0 Å². The average molecular weight is 1120 g/mol. The Labute approximate surface area is 434 Å². The van der Waals surface area contributed by atoms with E-state index in [2.05, 4.69) is 200 Å². The molecule has 0 spiro atoms. The van der Waals surface area contributed by atoms with Crippen LogP contribution in [-0.2, 0) is 30.9 Å². The van der Waals surface area contributed by atoms with Gasteiger partial charge >= 0.3 is 0 Å². The van der Waals surface area contributed by atoms with Crippen molar-refractivity contribution in [3.8, 4) is 39.5 Å². The summed E-state index contributed by atoms with van der Waals surface area (Å²) in [4.78, 5) is 19.9. The quantitative estimate of drug-likeness (QED) is 0.154. The van der Waals surface area contributed by atoms with Crippen LogP contribution in [0.2, 0.25) is 0 Å². The van der Waals surface area contributed by atoms with Crippen LogP contribution in [0.4, 0.5) is 0 Å². The van der Waals surface area contributed by atoms with E-state index in [4.69, 9.17) is 23.8 Å². The molecule has 1 radical (unpaired) electrons. The maximum atomic E-state index is 6.82. The van der Waals surface area contributed by atoms with Crippen LogP contribution in [0, 0.1) is 12.1 Å². The number of rotatable bonds is 6. The van der Waals surface area contributed by atoms with E-state index in [1.165, 1.54) is 27.8 Å². The Balaban J connectivity index is 0.000000300. The van der Waals surface area contributed by atoms with Gasteiger partial charge in [-0.1, -0.05) is 147 Å². The molecular weight excluding hydrogens is 1060 g/mol. The molecule has 0 amide bonds. The van der Waals surface area contributed by atoms with Gasteiger partial charge in [-0.05, 0) is 98.6 Å². The van der Waals surface area contributed by atoms with E-state index in [1.54, 1.807) is 0 Å². The van der Waals surface area contributed by atoms with E-state index in [1.807, 2.05) is 42.6 Å². The Morgan fingerprint density at radius 3 is 2.00 bits per heavy atom. The first-order chi connectivity index (χ1) is 34.1. The molecule has 361 valence electrons. The number of imidazole rings is 1. The normalized spacial score (nSPS) is 12.2. The zero-order valence-electron chi connectivity index (χ0n) is 42.5. The number of hydrogen-bond donors (Lipinski definition) is 0. The summed E-state index contributed by atoms with van der Waals surface area (Å²) in [6, 6.07) is 57.6. The van der Waals surface area contributed by atoms with Crippen molar-refractivity contribution in [2.24, 2.45) is 0 Å². The Morgan fingerprint density at radius 2 is 1.29 bits per heavy atom. The molecule has 0 saturated carbocycles. The molecule has 12 rings (SSSR count). The van der Waals surface area contributed by atoms with Gasteiger partial charge in [-0.2, -0.15) is 0 Å². The van der Waals surface area contributed by atoms with Gasteiger partial charge in [0.15, 0.2) is 5.58 Å². The monoisotopic (exact) mass is 1120 g/mol. The Morgan fingerprint density at radius 1 is 0.569 bits per heavy atom. The molecule has 0 N–H and O–H groups in total. The maximum Gasteiger partial charge on any atom is 0.216 e. The Bertz CT molecular complexity index is 3930. The second kappa shape index (κ2) is 18.7. The summed E-state index contributed by atoms with van der Waals surface area (Å²) in [6.07, 6.45) is 1.87. The van der Waals surface area contributed by atoms with Crippen molar-refractivity contribution in [1.29, 1.82) is 0 Å². The van der Waals surface area contributed by atoms with Crippen molar-refractivity contribution >= 4 is 65.9 Å². The van der Waals surface area contributed by atoms with E-state index >= 15 is 0 Å². The molecule has 8 heteroatoms. The SMILES string of the molecule is CC(C)(C)c1ccnc(-c2[c-]cccc2)c1.CC(C)c1cc(-c2ccccc2)cc(C(C)C)c1-n1c(-c2[c-]ccc3c2oc2nc4c(ccc5oc(C(C)(C)C)nc54)cc23)nc2ccc3ccccc3c21.[Ir]. The summed E-state index contributed by atoms with van der Waals surface area (Å²) < 4.78 is 15.4. The van der Waals surface area contributed by atoms with Crippen LogP contribution in [0.3, 0.4) is 0 Å². The fourth-order valence-electron chi connectivity index (χ4n) is 9.70. The molecule has 0 aliphatic rings. The zero-order chi connectivity index (χ0) is 49.3. The van der Waals surface area contributed by atoms with Gasteiger partial charge in [0.05, 0.1) is 22.4 Å². The first-order valence-electron chi connectivity index (χ1n) is 24.7. The molecule has 5 heterocycles.